The van der Waals surface area contributed by atoms with Crippen LogP contribution in [0.2, 0.25) is 0 Å². The Morgan fingerprint density at radius 2 is 1.93 bits per heavy atom. The summed E-state index contributed by atoms with van der Waals surface area (Å²) in [5, 5.41) is 9.25. The summed E-state index contributed by atoms with van der Waals surface area (Å²) in [5.74, 6) is 2.36. The number of aryl methyl sites for hydroxylation is 2. The van der Waals surface area contributed by atoms with Gasteiger partial charge in [0.2, 0.25) is 5.43 Å². The highest BCUT2D eigenvalue weighted by molar-refractivity contribution is 5.85. The highest BCUT2D eigenvalue weighted by atomic mass is 16.6. The molecular formula is C22H19NO5. The average Bonchev–Trinajstić information content (AvgIpc) is 2.71. The molecule has 0 amide bonds. The first-order valence-electron chi connectivity index (χ1n) is 9.12. The maximum atomic E-state index is 13.3. The zero-order chi connectivity index (χ0) is 19.7. The lowest BCUT2D eigenvalue weighted by atomic mass is 10.00. The largest absolute Gasteiger partial charge is 0.486 e. The van der Waals surface area contributed by atoms with Crippen molar-refractivity contribution in [2.45, 2.75) is 20.3 Å². The maximum absolute atomic E-state index is 13.3. The van der Waals surface area contributed by atoms with Crippen molar-refractivity contribution in [3.63, 3.8) is 0 Å². The third kappa shape index (κ3) is 3.05. The van der Waals surface area contributed by atoms with Crippen LogP contribution in [0.25, 0.3) is 22.1 Å². The van der Waals surface area contributed by atoms with E-state index in [4.69, 9.17) is 23.9 Å². The molecule has 0 atom stereocenters. The number of hydrogen-bond acceptors (Lipinski definition) is 6. The Bertz CT molecular complexity index is 1160. The fourth-order valence-electron chi connectivity index (χ4n) is 3.43. The summed E-state index contributed by atoms with van der Waals surface area (Å²) in [6, 6.07) is 10.9. The Morgan fingerprint density at radius 1 is 1.14 bits per heavy atom. The number of rotatable bonds is 4. The summed E-state index contributed by atoms with van der Waals surface area (Å²) in [5.41, 5.74) is 2.40. The molecule has 2 aromatic carbocycles. The first kappa shape index (κ1) is 17.9. The van der Waals surface area contributed by atoms with E-state index in [1.807, 2.05) is 31.2 Å². The Morgan fingerprint density at radius 3 is 2.68 bits per heavy atom. The van der Waals surface area contributed by atoms with Crippen molar-refractivity contribution in [3.8, 4) is 34.4 Å². The lowest BCUT2D eigenvalue weighted by Gasteiger charge is -2.19. The van der Waals surface area contributed by atoms with Crippen molar-refractivity contribution in [1.29, 1.82) is 5.26 Å². The third-order valence-electron chi connectivity index (χ3n) is 4.75. The van der Waals surface area contributed by atoms with Crippen molar-refractivity contribution in [1.82, 2.24) is 0 Å². The van der Waals surface area contributed by atoms with Gasteiger partial charge in [0.15, 0.2) is 18.1 Å². The SMILES string of the molecule is CCc1cc2c(=O)c(-c3ccc4c(c3)OCCO4)c(C)oc2cc1OCC#N. The third-order valence-corrected chi connectivity index (χ3v) is 4.75. The van der Waals surface area contributed by atoms with E-state index in [1.54, 1.807) is 19.1 Å². The zero-order valence-corrected chi connectivity index (χ0v) is 15.7. The molecule has 2 heterocycles. The molecule has 142 valence electrons. The van der Waals surface area contributed by atoms with Gasteiger partial charge in [0, 0.05) is 6.07 Å². The van der Waals surface area contributed by atoms with Crippen LogP contribution < -0.4 is 19.6 Å². The van der Waals surface area contributed by atoms with Crippen LogP contribution in [0.5, 0.6) is 17.2 Å². The summed E-state index contributed by atoms with van der Waals surface area (Å²) in [6.45, 7) is 4.66. The van der Waals surface area contributed by atoms with E-state index < -0.39 is 0 Å². The molecule has 4 rings (SSSR count). The van der Waals surface area contributed by atoms with Crippen LogP contribution in [-0.2, 0) is 6.42 Å². The number of ether oxygens (including phenoxy) is 3. The van der Waals surface area contributed by atoms with Gasteiger partial charge < -0.3 is 18.6 Å². The quantitative estimate of drug-likeness (QED) is 0.683. The van der Waals surface area contributed by atoms with Crippen molar-refractivity contribution < 1.29 is 18.6 Å². The average molecular weight is 377 g/mol. The molecule has 6 heteroatoms. The van der Waals surface area contributed by atoms with E-state index in [0.29, 0.717) is 59.2 Å². The van der Waals surface area contributed by atoms with Gasteiger partial charge in [0.25, 0.3) is 0 Å². The van der Waals surface area contributed by atoms with Gasteiger partial charge in [-0.15, -0.1) is 0 Å². The van der Waals surface area contributed by atoms with Crippen molar-refractivity contribution >= 4 is 11.0 Å². The molecule has 1 aliphatic heterocycles. The molecule has 0 radical (unpaired) electrons. The lowest BCUT2D eigenvalue weighted by molar-refractivity contribution is 0.171. The van der Waals surface area contributed by atoms with Gasteiger partial charge in [0.05, 0.1) is 10.9 Å². The Hall–Kier alpha value is -3.46. The van der Waals surface area contributed by atoms with Crippen molar-refractivity contribution in [2.24, 2.45) is 0 Å². The first-order chi connectivity index (χ1) is 13.6. The van der Waals surface area contributed by atoms with Gasteiger partial charge in [0.1, 0.15) is 36.4 Å². The van der Waals surface area contributed by atoms with Gasteiger partial charge in [-0.3, -0.25) is 4.79 Å². The second-order valence-corrected chi connectivity index (χ2v) is 6.48. The minimum absolute atomic E-state index is 0.0585. The Balaban J connectivity index is 1.89. The molecule has 28 heavy (non-hydrogen) atoms. The molecule has 1 aliphatic rings. The maximum Gasteiger partial charge on any atom is 0.200 e. The van der Waals surface area contributed by atoms with Crippen molar-refractivity contribution in [3.05, 3.63) is 51.9 Å². The normalized spacial score (nSPS) is 12.6. The van der Waals surface area contributed by atoms with Gasteiger partial charge in [-0.25, -0.2) is 0 Å². The van der Waals surface area contributed by atoms with Gasteiger partial charge in [-0.05, 0) is 42.7 Å². The fourth-order valence-corrected chi connectivity index (χ4v) is 3.43. The molecular weight excluding hydrogens is 358 g/mol. The van der Waals surface area contributed by atoms with Gasteiger partial charge in [-0.2, -0.15) is 5.26 Å². The number of fused-ring (bicyclic) bond motifs is 2. The van der Waals surface area contributed by atoms with E-state index in [1.165, 1.54) is 0 Å². The topological polar surface area (TPSA) is 81.7 Å². The van der Waals surface area contributed by atoms with Gasteiger partial charge in [-0.1, -0.05) is 13.0 Å². The van der Waals surface area contributed by atoms with Crippen LogP contribution in [0.1, 0.15) is 18.2 Å². The predicted molar refractivity (Wildman–Crippen MR) is 104 cm³/mol. The zero-order valence-electron chi connectivity index (χ0n) is 15.7. The highest BCUT2D eigenvalue weighted by Crippen LogP contribution is 2.36. The molecule has 0 unspecified atom stereocenters. The lowest BCUT2D eigenvalue weighted by Crippen LogP contribution is -2.15. The summed E-state index contributed by atoms with van der Waals surface area (Å²) in [6.07, 6.45) is 0.670. The summed E-state index contributed by atoms with van der Waals surface area (Å²) in [4.78, 5) is 13.3. The van der Waals surface area contributed by atoms with E-state index in [0.717, 1.165) is 11.1 Å². The van der Waals surface area contributed by atoms with E-state index in [2.05, 4.69) is 0 Å². The van der Waals surface area contributed by atoms with Crippen LogP contribution in [0, 0.1) is 18.3 Å². The van der Waals surface area contributed by atoms with Crippen LogP contribution in [-0.4, -0.2) is 19.8 Å². The molecule has 0 N–H and O–H groups in total. The summed E-state index contributed by atoms with van der Waals surface area (Å²) >= 11 is 0. The Kier molecular flexibility index (Phi) is 4.66. The van der Waals surface area contributed by atoms with E-state index >= 15 is 0 Å². The van der Waals surface area contributed by atoms with Crippen LogP contribution in [0.3, 0.4) is 0 Å². The molecule has 0 fully saturated rings. The first-order valence-corrected chi connectivity index (χ1v) is 9.12. The standard InChI is InChI=1S/C22H19NO5/c1-3-14-10-16-19(12-18(14)25-7-6-23)28-13(2)21(22(16)24)15-4-5-17-20(11-15)27-9-8-26-17/h4-5,10-12H,3,7-9H2,1-2H3. The minimum Gasteiger partial charge on any atom is -0.486 e. The fraction of sp³-hybridized carbons (Fsp3) is 0.273. The van der Waals surface area contributed by atoms with E-state index in [-0.39, 0.29) is 12.0 Å². The smallest absolute Gasteiger partial charge is 0.200 e. The van der Waals surface area contributed by atoms with Gasteiger partial charge >= 0.3 is 0 Å². The van der Waals surface area contributed by atoms with Crippen LogP contribution in [0.4, 0.5) is 0 Å². The molecule has 0 saturated heterocycles. The van der Waals surface area contributed by atoms with Crippen LogP contribution >= 0.6 is 0 Å². The molecule has 1 aromatic heterocycles. The number of benzene rings is 2. The summed E-state index contributed by atoms with van der Waals surface area (Å²) in [7, 11) is 0. The molecule has 0 aliphatic carbocycles. The van der Waals surface area contributed by atoms with Crippen molar-refractivity contribution in [2.75, 3.05) is 19.8 Å². The highest BCUT2D eigenvalue weighted by Gasteiger charge is 2.19. The van der Waals surface area contributed by atoms with E-state index in [9.17, 15) is 4.79 Å². The number of nitrogens with zero attached hydrogens (tertiary/aromatic N) is 1. The molecule has 0 spiro atoms. The Labute approximate surface area is 161 Å². The molecule has 0 saturated carbocycles. The molecule has 0 bridgehead atoms. The molecule has 6 nitrogen and oxygen atoms in total. The molecule has 3 aromatic rings. The number of nitriles is 1. The second kappa shape index (κ2) is 7.28. The second-order valence-electron chi connectivity index (χ2n) is 6.48. The predicted octanol–water partition coefficient (Wildman–Crippen LogP) is 4.00. The van der Waals surface area contributed by atoms with Crippen LogP contribution in [0.15, 0.2) is 39.5 Å². The monoisotopic (exact) mass is 377 g/mol. The minimum atomic E-state index is -0.114. The summed E-state index contributed by atoms with van der Waals surface area (Å²) < 4.78 is 22.6. The number of hydrogen-bond donors (Lipinski definition) is 0.